The number of carbonyl (C=O) groups is 2. The molecule has 152 valence electrons. The summed E-state index contributed by atoms with van der Waals surface area (Å²) in [6.45, 7) is 1.09. The molecular formula is C22H24N2O5. The second kappa shape index (κ2) is 8.23. The maximum atomic E-state index is 13.4. The van der Waals surface area contributed by atoms with Crippen molar-refractivity contribution < 1.29 is 24.2 Å². The summed E-state index contributed by atoms with van der Waals surface area (Å²) < 4.78 is 11.6. The standard InChI is InChI=1S/C22H24N2O5/c1-23-19(26)14-29-21(20(23)15-6-3-2-4-7-15)22(27)24-10-11-28-18(13-24)16-8-5-9-17(25)12-16/h2-9,12,18,20-21,25H,10-11,13-14H2,1H3. The quantitative estimate of drug-likeness (QED) is 0.857. The van der Waals surface area contributed by atoms with Gasteiger partial charge in [0.15, 0.2) is 6.10 Å². The molecule has 2 aromatic carbocycles. The highest BCUT2D eigenvalue weighted by atomic mass is 16.5. The fourth-order valence-electron chi connectivity index (χ4n) is 3.92. The van der Waals surface area contributed by atoms with Gasteiger partial charge in [0.2, 0.25) is 5.91 Å². The highest BCUT2D eigenvalue weighted by molar-refractivity contribution is 5.86. The van der Waals surface area contributed by atoms with E-state index in [9.17, 15) is 14.7 Å². The van der Waals surface area contributed by atoms with Gasteiger partial charge in [-0.3, -0.25) is 9.59 Å². The van der Waals surface area contributed by atoms with Crippen molar-refractivity contribution in [1.29, 1.82) is 0 Å². The van der Waals surface area contributed by atoms with E-state index in [0.717, 1.165) is 11.1 Å². The van der Waals surface area contributed by atoms with Crippen LogP contribution in [0, 0.1) is 0 Å². The first-order chi connectivity index (χ1) is 14.0. The van der Waals surface area contributed by atoms with Crippen molar-refractivity contribution in [2.24, 2.45) is 0 Å². The van der Waals surface area contributed by atoms with Crippen LogP contribution < -0.4 is 0 Å². The van der Waals surface area contributed by atoms with Crippen molar-refractivity contribution >= 4 is 11.8 Å². The molecule has 2 fully saturated rings. The molecule has 2 heterocycles. The molecule has 3 atom stereocenters. The molecule has 0 aliphatic carbocycles. The van der Waals surface area contributed by atoms with Gasteiger partial charge in [0.05, 0.1) is 19.2 Å². The van der Waals surface area contributed by atoms with E-state index in [1.165, 1.54) is 0 Å². The third-order valence-electron chi connectivity index (χ3n) is 5.49. The second-order valence-electron chi connectivity index (χ2n) is 7.33. The van der Waals surface area contributed by atoms with Crippen molar-refractivity contribution in [2.45, 2.75) is 18.2 Å². The van der Waals surface area contributed by atoms with Crippen LogP contribution in [0.1, 0.15) is 23.3 Å². The van der Waals surface area contributed by atoms with Gasteiger partial charge in [0.25, 0.3) is 5.91 Å². The van der Waals surface area contributed by atoms with Gasteiger partial charge in [-0.2, -0.15) is 0 Å². The minimum absolute atomic E-state index is 0.115. The van der Waals surface area contributed by atoms with E-state index in [2.05, 4.69) is 0 Å². The zero-order chi connectivity index (χ0) is 20.4. The van der Waals surface area contributed by atoms with Crippen molar-refractivity contribution in [3.63, 3.8) is 0 Å². The third-order valence-corrected chi connectivity index (χ3v) is 5.49. The summed E-state index contributed by atoms with van der Waals surface area (Å²) in [4.78, 5) is 28.9. The van der Waals surface area contributed by atoms with E-state index in [1.807, 2.05) is 36.4 Å². The van der Waals surface area contributed by atoms with E-state index < -0.39 is 12.1 Å². The number of amides is 2. The molecule has 0 bridgehead atoms. The van der Waals surface area contributed by atoms with Crippen LogP contribution in [0.4, 0.5) is 0 Å². The Kier molecular flexibility index (Phi) is 5.51. The predicted octanol–water partition coefficient (Wildman–Crippen LogP) is 1.89. The molecule has 7 heteroatoms. The van der Waals surface area contributed by atoms with Crippen LogP contribution >= 0.6 is 0 Å². The molecule has 2 aliphatic heterocycles. The minimum atomic E-state index is -0.775. The minimum Gasteiger partial charge on any atom is -0.508 e. The van der Waals surface area contributed by atoms with Crippen LogP contribution in [0.3, 0.4) is 0 Å². The summed E-state index contributed by atoms with van der Waals surface area (Å²) in [5.41, 5.74) is 1.68. The predicted molar refractivity (Wildman–Crippen MR) is 105 cm³/mol. The maximum Gasteiger partial charge on any atom is 0.254 e. The fourth-order valence-corrected chi connectivity index (χ4v) is 3.92. The number of rotatable bonds is 3. The molecule has 0 aromatic heterocycles. The third kappa shape index (κ3) is 3.97. The Morgan fingerprint density at radius 3 is 2.59 bits per heavy atom. The number of phenols is 1. The Morgan fingerprint density at radius 1 is 1.07 bits per heavy atom. The first kappa shape index (κ1) is 19.4. The lowest BCUT2D eigenvalue weighted by atomic mass is 9.96. The fraction of sp³-hybridized carbons (Fsp3) is 0.364. The lowest BCUT2D eigenvalue weighted by Crippen LogP contribution is -2.55. The zero-order valence-corrected chi connectivity index (χ0v) is 16.2. The monoisotopic (exact) mass is 396 g/mol. The van der Waals surface area contributed by atoms with E-state index in [0.29, 0.717) is 19.7 Å². The van der Waals surface area contributed by atoms with Gasteiger partial charge >= 0.3 is 0 Å². The van der Waals surface area contributed by atoms with Gasteiger partial charge < -0.3 is 24.4 Å². The zero-order valence-electron chi connectivity index (χ0n) is 16.2. The number of nitrogens with zero attached hydrogens (tertiary/aromatic N) is 2. The molecule has 3 unspecified atom stereocenters. The normalized spacial score (nSPS) is 25.1. The number of hydrogen-bond donors (Lipinski definition) is 1. The molecule has 1 N–H and O–H groups in total. The van der Waals surface area contributed by atoms with Crippen molar-refractivity contribution in [1.82, 2.24) is 9.80 Å². The molecule has 2 aromatic rings. The SMILES string of the molecule is CN1C(=O)COC(C(=O)N2CCOC(c3cccc(O)c3)C2)C1c1ccccc1. The number of phenolic OH excluding ortho intramolecular Hbond substituents is 1. The Bertz CT molecular complexity index is 888. The Labute approximate surface area is 169 Å². The van der Waals surface area contributed by atoms with Crippen LogP contribution in [-0.2, 0) is 19.1 Å². The summed E-state index contributed by atoms with van der Waals surface area (Å²) in [6.07, 6.45) is -1.10. The summed E-state index contributed by atoms with van der Waals surface area (Å²) in [7, 11) is 1.71. The smallest absolute Gasteiger partial charge is 0.254 e. The molecular weight excluding hydrogens is 372 g/mol. The lowest BCUT2D eigenvalue weighted by molar-refractivity contribution is -0.171. The van der Waals surface area contributed by atoms with Gasteiger partial charge in [0, 0.05) is 13.6 Å². The maximum absolute atomic E-state index is 13.4. The van der Waals surface area contributed by atoms with Crippen LogP contribution in [-0.4, -0.2) is 66.2 Å². The Morgan fingerprint density at radius 2 is 1.83 bits per heavy atom. The first-order valence-electron chi connectivity index (χ1n) is 9.66. The van der Waals surface area contributed by atoms with Crippen LogP contribution in [0.5, 0.6) is 5.75 Å². The van der Waals surface area contributed by atoms with Crippen molar-refractivity contribution in [3.05, 3.63) is 65.7 Å². The van der Waals surface area contributed by atoms with E-state index in [4.69, 9.17) is 9.47 Å². The van der Waals surface area contributed by atoms with E-state index in [1.54, 1.807) is 35.0 Å². The molecule has 2 saturated heterocycles. The highest BCUT2D eigenvalue weighted by Gasteiger charge is 2.42. The van der Waals surface area contributed by atoms with Gasteiger partial charge in [-0.25, -0.2) is 0 Å². The summed E-state index contributed by atoms with van der Waals surface area (Å²) in [5, 5.41) is 9.74. The molecule has 2 amide bonds. The molecule has 4 rings (SSSR count). The van der Waals surface area contributed by atoms with E-state index in [-0.39, 0.29) is 30.3 Å². The van der Waals surface area contributed by atoms with Crippen LogP contribution in [0.25, 0.3) is 0 Å². The topological polar surface area (TPSA) is 79.3 Å². The summed E-state index contributed by atoms with van der Waals surface area (Å²) in [6, 6.07) is 15.9. The number of aromatic hydroxyl groups is 1. The van der Waals surface area contributed by atoms with Crippen molar-refractivity contribution in [3.8, 4) is 5.75 Å². The molecule has 0 radical (unpaired) electrons. The number of ether oxygens (including phenoxy) is 2. The summed E-state index contributed by atoms with van der Waals surface area (Å²) >= 11 is 0. The average molecular weight is 396 g/mol. The van der Waals surface area contributed by atoms with E-state index >= 15 is 0 Å². The van der Waals surface area contributed by atoms with Crippen molar-refractivity contribution in [2.75, 3.05) is 33.4 Å². The summed E-state index contributed by atoms with van der Waals surface area (Å²) in [5.74, 6) is -0.149. The lowest BCUT2D eigenvalue weighted by Gasteiger charge is -2.42. The Hall–Kier alpha value is -2.90. The highest BCUT2D eigenvalue weighted by Crippen LogP contribution is 2.32. The molecule has 2 aliphatic rings. The van der Waals surface area contributed by atoms with Crippen LogP contribution in [0.2, 0.25) is 0 Å². The number of morpholine rings is 2. The van der Waals surface area contributed by atoms with Gasteiger partial charge in [-0.1, -0.05) is 42.5 Å². The molecule has 0 spiro atoms. The second-order valence-corrected chi connectivity index (χ2v) is 7.33. The van der Waals surface area contributed by atoms with Gasteiger partial charge in [-0.15, -0.1) is 0 Å². The number of carbonyl (C=O) groups excluding carboxylic acids is 2. The van der Waals surface area contributed by atoms with Gasteiger partial charge in [0.1, 0.15) is 18.5 Å². The largest absolute Gasteiger partial charge is 0.508 e. The molecule has 0 saturated carbocycles. The average Bonchev–Trinajstić information content (AvgIpc) is 2.76. The Balaban J connectivity index is 1.56. The number of likely N-dealkylation sites (N-methyl/N-ethyl adjacent to an activating group) is 1. The van der Waals surface area contributed by atoms with Crippen LogP contribution in [0.15, 0.2) is 54.6 Å². The first-order valence-corrected chi connectivity index (χ1v) is 9.66. The number of benzene rings is 2. The number of hydrogen-bond acceptors (Lipinski definition) is 5. The molecule has 29 heavy (non-hydrogen) atoms. The molecule has 7 nitrogen and oxygen atoms in total. The van der Waals surface area contributed by atoms with Gasteiger partial charge in [-0.05, 0) is 23.3 Å².